The highest BCUT2D eigenvalue weighted by Crippen LogP contribution is 2.06. The normalized spacial score (nSPS) is 13.4. The number of aliphatic carboxylic acids is 1. The zero-order valence-corrected chi connectivity index (χ0v) is 18.4. The molecule has 0 aliphatic heterocycles. The number of aromatic amines is 1. The molecule has 0 aliphatic carbocycles. The summed E-state index contributed by atoms with van der Waals surface area (Å²) in [4.78, 5) is 66.4. The number of nitrogens with two attached hydrogens (primary N) is 2. The molecule has 14 heteroatoms. The van der Waals surface area contributed by atoms with Gasteiger partial charge >= 0.3 is 5.97 Å². The number of carboxylic acid groups (broad SMARTS) is 1. The van der Waals surface area contributed by atoms with Crippen LogP contribution in [0.2, 0.25) is 0 Å². The molecule has 13 nitrogen and oxygen atoms in total. The fraction of sp³-hybridized carbons (Fsp3) is 0.556. The third-order valence-corrected chi connectivity index (χ3v) is 5.00. The maximum atomic E-state index is 12.8. The van der Waals surface area contributed by atoms with Crippen LogP contribution in [-0.4, -0.2) is 81.4 Å². The topological polar surface area (TPSA) is 222 Å². The van der Waals surface area contributed by atoms with Crippen molar-refractivity contribution in [3.05, 3.63) is 18.2 Å². The lowest BCUT2D eigenvalue weighted by Crippen LogP contribution is -2.57. The van der Waals surface area contributed by atoms with E-state index in [1.54, 1.807) is 0 Å². The fourth-order valence-corrected chi connectivity index (χ4v) is 3.14. The van der Waals surface area contributed by atoms with Gasteiger partial charge in [0.25, 0.3) is 0 Å². The summed E-state index contributed by atoms with van der Waals surface area (Å²) in [6.07, 6.45) is 4.53. The second-order valence-electron chi connectivity index (χ2n) is 6.85. The molecule has 1 heterocycles. The maximum Gasteiger partial charge on any atom is 0.326 e. The number of rotatable bonds is 15. The fourth-order valence-electron chi connectivity index (χ4n) is 2.67. The summed E-state index contributed by atoms with van der Waals surface area (Å²) in [5.74, 6) is -3.42. The van der Waals surface area contributed by atoms with Crippen LogP contribution < -0.4 is 27.4 Å². The third kappa shape index (κ3) is 9.78. The van der Waals surface area contributed by atoms with E-state index in [2.05, 4.69) is 25.9 Å². The highest BCUT2D eigenvalue weighted by Gasteiger charge is 2.30. The zero-order chi connectivity index (χ0) is 24.1. The summed E-state index contributed by atoms with van der Waals surface area (Å²) in [6, 6.07) is -3.48. The van der Waals surface area contributed by atoms with Crippen LogP contribution in [-0.2, 0) is 30.4 Å². The van der Waals surface area contributed by atoms with Crippen molar-refractivity contribution in [2.24, 2.45) is 11.5 Å². The zero-order valence-electron chi connectivity index (χ0n) is 17.6. The Morgan fingerprint density at radius 2 is 1.75 bits per heavy atom. The van der Waals surface area contributed by atoms with Gasteiger partial charge in [-0.05, 0) is 24.9 Å². The second kappa shape index (κ2) is 14.0. The molecule has 0 fully saturated rings. The molecule has 178 valence electrons. The molecule has 0 aromatic carbocycles. The third-order valence-electron chi connectivity index (χ3n) is 4.35. The quantitative estimate of drug-likeness (QED) is 0.143. The Hall–Kier alpha value is -3.13. The number of H-pyrrole nitrogens is 1. The second-order valence-corrected chi connectivity index (χ2v) is 7.84. The smallest absolute Gasteiger partial charge is 0.326 e. The summed E-state index contributed by atoms with van der Waals surface area (Å²) in [5.41, 5.74) is 10.9. The number of hydrogen-bond acceptors (Lipinski definition) is 8. The lowest BCUT2D eigenvalue weighted by Gasteiger charge is -2.24. The molecule has 0 bridgehead atoms. The van der Waals surface area contributed by atoms with Gasteiger partial charge in [-0.15, -0.1) is 0 Å². The van der Waals surface area contributed by atoms with Crippen LogP contribution in [0.4, 0.5) is 0 Å². The summed E-state index contributed by atoms with van der Waals surface area (Å²) in [5, 5.41) is 16.7. The van der Waals surface area contributed by atoms with Crippen molar-refractivity contribution in [1.82, 2.24) is 25.9 Å². The molecule has 0 spiro atoms. The Morgan fingerprint density at radius 1 is 1.09 bits per heavy atom. The van der Waals surface area contributed by atoms with Crippen LogP contribution in [0.15, 0.2) is 12.5 Å². The van der Waals surface area contributed by atoms with Gasteiger partial charge in [-0.2, -0.15) is 11.8 Å². The summed E-state index contributed by atoms with van der Waals surface area (Å²) >= 11 is 1.47. The van der Waals surface area contributed by atoms with E-state index in [0.717, 1.165) is 0 Å². The molecule has 0 saturated heterocycles. The average Bonchev–Trinajstić information content (AvgIpc) is 3.25. The Bertz CT molecular complexity index is 789. The number of imidazole rings is 1. The van der Waals surface area contributed by atoms with E-state index >= 15 is 0 Å². The van der Waals surface area contributed by atoms with Gasteiger partial charge in [-0.1, -0.05) is 0 Å². The molecular formula is C18H29N7O6S. The number of carbonyl (C=O) groups is 5. The van der Waals surface area contributed by atoms with E-state index in [1.165, 1.54) is 24.3 Å². The van der Waals surface area contributed by atoms with E-state index in [-0.39, 0.29) is 25.8 Å². The first kappa shape index (κ1) is 26.9. The minimum atomic E-state index is -1.37. The van der Waals surface area contributed by atoms with Crippen molar-refractivity contribution >= 4 is 41.4 Å². The minimum Gasteiger partial charge on any atom is -0.480 e. The predicted molar refractivity (Wildman–Crippen MR) is 116 cm³/mol. The van der Waals surface area contributed by atoms with Crippen LogP contribution in [0, 0.1) is 0 Å². The monoisotopic (exact) mass is 471 g/mol. The molecule has 3 unspecified atom stereocenters. The Balaban J connectivity index is 2.98. The molecule has 1 rings (SSSR count). The van der Waals surface area contributed by atoms with Crippen molar-refractivity contribution in [1.29, 1.82) is 0 Å². The molecule has 0 radical (unpaired) electrons. The highest BCUT2D eigenvalue weighted by atomic mass is 32.2. The largest absolute Gasteiger partial charge is 0.480 e. The van der Waals surface area contributed by atoms with Gasteiger partial charge in [-0.25, -0.2) is 9.78 Å². The number of carboxylic acids is 1. The number of carbonyl (C=O) groups excluding carboxylic acids is 4. The van der Waals surface area contributed by atoms with Crippen molar-refractivity contribution in [2.75, 3.05) is 18.6 Å². The minimum absolute atomic E-state index is 0.0141. The van der Waals surface area contributed by atoms with E-state index in [0.29, 0.717) is 17.9 Å². The van der Waals surface area contributed by atoms with E-state index in [9.17, 15) is 29.1 Å². The van der Waals surface area contributed by atoms with Crippen molar-refractivity contribution in [2.45, 2.75) is 43.8 Å². The van der Waals surface area contributed by atoms with Gasteiger partial charge in [0, 0.05) is 24.7 Å². The Kier molecular flexibility index (Phi) is 11.8. The van der Waals surface area contributed by atoms with Crippen LogP contribution in [0.5, 0.6) is 0 Å². The number of amides is 4. The number of aromatic nitrogens is 2. The molecule has 1 aromatic rings. The number of nitrogens with one attached hydrogen (secondary N) is 4. The molecular weight excluding hydrogens is 442 g/mol. The lowest BCUT2D eigenvalue weighted by molar-refractivity contribution is -0.142. The Labute approximate surface area is 188 Å². The average molecular weight is 472 g/mol. The van der Waals surface area contributed by atoms with Crippen molar-refractivity contribution < 1.29 is 29.1 Å². The van der Waals surface area contributed by atoms with E-state index in [1.807, 2.05) is 6.26 Å². The van der Waals surface area contributed by atoms with Crippen LogP contribution in [0.25, 0.3) is 0 Å². The summed E-state index contributed by atoms with van der Waals surface area (Å²) in [7, 11) is 0. The molecule has 9 N–H and O–H groups in total. The SMILES string of the molecule is CSCCC(NC(=O)CN)C(=O)NC(Cc1cnc[nH]1)C(=O)NC(CCC(N)=O)C(=O)O. The standard InChI is InChI=1S/C18H29N7O6S/c1-32-5-4-11(23-15(27)7-19)16(28)25-13(6-10-8-21-9-22-10)17(29)24-12(18(30)31)2-3-14(20)26/h8-9,11-13H,2-7,19H2,1H3,(H2,20,26)(H,21,22)(H,23,27)(H,24,29)(H,25,28)(H,30,31). The van der Waals surface area contributed by atoms with Gasteiger partial charge < -0.3 is 37.5 Å². The van der Waals surface area contributed by atoms with Gasteiger partial charge in [-0.3, -0.25) is 19.2 Å². The summed E-state index contributed by atoms with van der Waals surface area (Å²) < 4.78 is 0. The van der Waals surface area contributed by atoms with Gasteiger partial charge in [0.2, 0.25) is 23.6 Å². The van der Waals surface area contributed by atoms with Crippen LogP contribution in [0.3, 0.4) is 0 Å². The molecule has 0 saturated carbocycles. The van der Waals surface area contributed by atoms with Crippen LogP contribution >= 0.6 is 11.8 Å². The van der Waals surface area contributed by atoms with Crippen molar-refractivity contribution in [3.63, 3.8) is 0 Å². The number of thioether (sulfide) groups is 1. The number of primary amides is 1. The van der Waals surface area contributed by atoms with Gasteiger partial charge in [0.15, 0.2) is 0 Å². The number of hydrogen-bond donors (Lipinski definition) is 7. The lowest BCUT2D eigenvalue weighted by atomic mass is 10.1. The molecule has 32 heavy (non-hydrogen) atoms. The first-order valence-corrected chi connectivity index (χ1v) is 11.1. The van der Waals surface area contributed by atoms with E-state index in [4.69, 9.17) is 11.5 Å². The first-order valence-electron chi connectivity index (χ1n) is 9.75. The van der Waals surface area contributed by atoms with Gasteiger partial charge in [0.05, 0.1) is 12.9 Å². The van der Waals surface area contributed by atoms with Crippen LogP contribution in [0.1, 0.15) is 25.0 Å². The van der Waals surface area contributed by atoms with Gasteiger partial charge in [0.1, 0.15) is 18.1 Å². The molecule has 0 aliphatic rings. The molecule has 3 atom stereocenters. The predicted octanol–water partition coefficient (Wildman–Crippen LogP) is -2.53. The van der Waals surface area contributed by atoms with Crippen molar-refractivity contribution in [3.8, 4) is 0 Å². The Morgan fingerprint density at radius 3 is 2.28 bits per heavy atom. The molecule has 4 amide bonds. The number of nitrogens with zero attached hydrogens (tertiary/aromatic N) is 1. The maximum absolute atomic E-state index is 12.8. The van der Waals surface area contributed by atoms with E-state index < -0.39 is 47.7 Å². The molecule has 1 aromatic heterocycles. The highest BCUT2D eigenvalue weighted by molar-refractivity contribution is 7.98. The summed E-state index contributed by atoms with van der Waals surface area (Å²) in [6.45, 7) is -0.304. The first-order chi connectivity index (χ1) is 15.2.